The zero-order valence-corrected chi connectivity index (χ0v) is 9.86. The molecule has 0 amide bonds. The normalized spacial score (nSPS) is 39.0. The molecular formula is C11H21NS. The van der Waals surface area contributed by atoms with Gasteiger partial charge in [-0.2, -0.15) is 11.8 Å². The van der Waals surface area contributed by atoms with E-state index < -0.39 is 0 Å². The molecule has 2 atom stereocenters. The molecule has 2 rings (SSSR count). The van der Waals surface area contributed by atoms with E-state index in [1.807, 2.05) is 0 Å². The van der Waals surface area contributed by atoms with Crippen LogP contribution in [0.5, 0.6) is 0 Å². The highest BCUT2D eigenvalue weighted by Gasteiger charge is 2.36. The van der Waals surface area contributed by atoms with Crippen molar-refractivity contribution in [3.05, 3.63) is 0 Å². The maximum atomic E-state index is 2.67. The predicted octanol–water partition coefficient (Wildman–Crippen LogP) is 2.47. The molecule has 0 radical (unpaired) electrons. The van der Waals surface area contributed by atoms with Crippen molar-refractivity contribution >= 4 is 11.8 Å². The van der Waals surface area contributed by atoms with Gasteiger partial charge >= 0.3 is 0 Å². The lowest BCUT2D eigenvalue weighted by Crippen LogP contribution is -2.43. The van der Waals surface area contributed by atoms with Gasteiger partial charge in [0.15, 0.2) is 0 Å². The van der Waals surface area contributed by atoms with Crippen LogP contribution in [-0.2, 0) is 0 Å². The van der Waals surface area contributed by atoms with Gasteiger partial charge in [0.1, 0.15) is 0 Å². The largest absolute Gasteiger partial charge is 0.301 e. The summed E-state index contributed by atoms with van der Waals surface area (Å²) in [5.74, 6) is 3.37. The summed E-state index contributed by atoms with van der Waals surface area (Å²) in [7, 11) is 0. The van der Waals surface area contributed by atoms with Crippen LogP contribution >= 0.6 is 11.8 Å². The maximum Gasteiger partial charge on any atom is 0.0231 e. The fourth-order valence-corrected chi connectivity index (χ4v) is 3.43. The van der Waals surface area contributed by atoms with E-state index in [2.05, 4.69) is 37.4 Å². The molecule has 0 aromatic heterocycles. The summed E-state index contributed by atoms with van der Waals surface area (Å²) >= 11 is 2.13. The average molecular weight is 199 g/mol. The van der Waals surface area contributed by atoms with Gasteiger partial charge in [0.05, 0.1) is 0 Å². The zero-order valence-electron chi connectivity index (χ0n) is 9.05. The van der Waals surface area contributed by atoms with E-state index >= 15 is 0 Å². The van der Waals surface area contributed by atoms with Crippen LogP contribution in [0.4, 0.5) is 0 Å². The molecule has 13 heavy (non-hydrogen) atoms. The van der Waals surface area contributed by atoms with Crippen LogP contribution in [0.3, 0.4) is 0 Å². The van der Waals surface area contributed by atoms with Gasteiger partial charge in [-0.15, -0.1) is 0 Å². The van der Waals surface area contributed by atoms with E-state index in [4.69, 9.17) is 0 Å². The second kappa shape index (κ2) is 3.47. The third-order valence-corrected chi connectivity index (χ3v) is 4.57. The molecule has 1 aliphatic carbocycles. The van der Waals surface area contributed by atoms with E-state index in [0.29, 0.717) is 4.75 Å². The highest BCUT2D eigenvalue weighted by molar-refractivity contribution is 8.00. The molecule has 0 aromatic carbocycles. The van der Waals surface area contributed by atoms with Gasteiger partial charge in [0, 0.05) is 30.1 Å². The molecule has 1 saturated carbocycles. The topological polar surface area (TPSA) is 3.24 Å². The fraction of sp³-hybridized carbons (Fsp3) is 1.00. The summed E-state index contributed by atoms with van der Waals surface area (Å²) in [6.07, 6.45) is 1.48. The molecule has 1 heterocycles. The van der Waals surface area contributed by atoms with E-state index in [1.54, 1.807) is 0 Å². The minimum atomic E-state index is 0.496. The molecule has 0 spiro atoms. The Labute approximate surface area is 86.3 Å². The molecule has 2 unspecified atom stereocenters. The van der Waals surface area contributed by atoms with Crippen LogP contribution in [0, 0.1) is 11.8 Å². The molecule has 0 aromatic rings. The molecule has 76 valence electrons. The Morgan fingerprint density at radius 1 is 1.46 bits per heavy atom. The van der Waals surface area contributed by atoms with Crippen molar-refractivity contribution in [3.63, 3.8) is 0 Å². The first-order valence-electron chi connectivity index (χ1n) is 5.43. The number of nitrogens with zero attached hydrogens (tertiary/aromatic N) is 1. The van der Waals surface area contributed by atoms with E-state index in [1.165, 1.54) is 31.8 Å². The molecular weight excluding hydrogens is 178 g/mol. The Morgan fingerprint density at radius 3 is 2.69 bits per heavy atom. The van der Waals surface area contributed by atoms with Crippen molar-refractivity contribution in [2.45, 2.75) is 31.9 Å². The monoisotopic (exact) mass is 199 g/mol. The van der Waals surface area contributed by atoms with Crippen molar-refractivity contribution in [2.75, 3.05) is 25.4 Å². The van der Waals surface area contributed by atoms with Gasteiger partial charge in [-0.05, 0) is 32.1 Å². The Morgan fingerprint density at radius 2 is 2.15 bits per heavy atom. The van der Waals surface area contributed by atoms with Gasteiger partial charge in [-0.3, -0.25) is 0 Å². The second-order valence-corrected chi connectivity index (χ2v) is 7.12. The number of hydrogen-bond donors (Lipinski definition) is 0. The molecule has 1 saturated heterocycles. The van der Waals surface area contributed by atoms with E-state index in [-0.39, 0.29) is 0 Å². The lowest BCUT2D eigenvalue weighted by atomic mass is 10.1. The van der Waals surface area contributed by atoms with Crippen molar-refractivity contribution < 1.29 is 0 Å². The van der Waals surface area contributed by atoms with Crippen LogP contribution in [0.15, 0.2) is 0 Å². The third-order valence-electron chi connectivity index (χ3n) is 3.27. The number of rotatable bonds is 2. The molecule has 0 bridgehead atoms. The van der Waals surface area contributed by atoms with Crippen molar-refractivity contribution in [1.82, 2.24) is 4.90 Å². The lowest BCUT2D eigenvalue weighted by Gasteiger charge is -2.37. The summed E-state index contributed by atoms with van der Waals surface area (Å²) in [5, 5.41) is 0. The van der Waals surface area contributed by atoms with Crippen LogP contribution in [0.25, 0.3) is 0 Å². The minimum Gasteiger partial charge on any atom is -0.301 e. The Hall–Kier alpha value is 0.310. The number of hydrogen-bond acceptors (Lipinski definition) is 2. The summed E-state index contributed by atoms with van der Waals surface area (Å²) in [5.41, 5.74) is 0. The van der Waals surface area contributed by atoms with Gasteiger partial charge in [0.25, 0.3) is 0 Å². The summed E-state index contributed by atoms with van der Waals surface area (Å²) in [6, 6.07) is 0. The van der Waals surface area contributed by atoms with Gasteiger partial charge in [0.2, 0.25) is 0 Å². The molecule has 2 fully saturated rings. The Kier molecular flexibility index (Phi) is 2.63. The SMILES string of the molecule is CC1CC1CN1CCSC(C)(C)C1. The van der Waals surface area contributed by atoms with Crippen LogP contribution in [0.2, 0.25) is 0 Å². The Bertz CT molecular complexity index is 191. The van der Waals surface area contributed by atoms with E-state index in [0.717, 1.165) is 11.8 Å². The van der Waals surface area contributed by atoms with Crippen molar-refractivity contribution in [1.29, 1.82) is 0 Å². The molecule has 1 aliphatic heterocycles. The highest BCUT2D eigenvalue weighted by Crippen LogP contribution is 2.39. The minimum absolute atomic E-state index is 0.496. The van der Waals surface area contributed by atoms with Crippen LogP contribution < -0.4 is 0 Å². The van der Waals surface area contributed by atoms with Crippen molar-refractivity contribution in [2.24, 2.45) is 11.8 Å². The molecule has 2 heteroatoms. The first-order valence-corrected chi connectivity index (χ1v) is 6.42. The zero-order chi connectivity index (χ0) is 9.47. The van der Waals surface area contributed by atoms with Crippen LogP contribution in [-0.4, -0.2) is 35.0 Å². The first kappa shape index (κ1) is 9.85. The average Bonchev–Trinajstić information content (AvgIpc) is 2.64. The smallest absolute Gasteiger partial charge is 0.0231 e. The van der Waals surface area contributed by atoms with E-state index in [9.17, 15) is 0 Å². The quantitative estimate of drug-likeness (QED) is 0.672. The highest BCUT2D eigenvalue weighted by atomic mass is 32.2. The molecule has 2 aliphatic rings. The van der Waals surface area contributed by atoms with Gasteiger partial charge in [-0.1, -0.05) is 6.92 Å². The Balaban J connectivity index is 1.79. The maximum absolute atomic E-state index is 2.67. The fourth-order valence-electron chi connectivity index (χ4n) is 2.26. The summed E-state index contributed by atoms with van der Waals surface area (Å²) in [4.78, 5) is 2.67. The van der Waals surface area contributed by atoms with Gasteiger partial charge < -0.3 is 4.90 Å². The summed E-state index contributed by atoms with van der Waals surface area (Å²) < 4.78 is 0.496. The van der Waals surface area contributed by atoms with Crippen LogP contribution in [0.1, 0.15) is 27.2 Å². The standard InChI is InChI=1S/C11H21NS/c1-9-6-10(9)7-12-4-5-13-11(2,3)8-12/h9-10H,4-8H2,1-3H3. The predicted molar refractivity (Wildman–Crippen MR) is 60.2 cm³/mol. The second-order valence-electron chi connectivity index (χ2n) is 5.32. The van der Waals surface area contributed by atoms with Crippen molar-refractivity contribution in [3.8, 4) is 0 Å². The molecule has 1 nitrogen and oxygen atoms in total. The van der Waals surface area contributed by atoms with Gasteiger partial charge in [-0.25, -0.2) is 0 Å². The third kappa shape index (κ3) is 2.63. The first-order chi connectivity index (χ1) is 6.07. The summed E-state index contributed by atoms with van der Waals surface area (Å²) in [6.45, 7) is 11.1. The molecule has 0 N–H and O–H groups in total. The lowest BCUT2D eigenvalue weighted by molar-refractivity contribution is 0.247. The number of thioether (sulfide) groups is 1.